The molecular formula is C12H23NO. The van der Waals surface area contributed by atoms with Gasteiger partial charge in [-0.25, -0.2) is 0 Å². The second-order valence-electron chi connectivity index (χ2n) is 5.28. The minimum Gasteiger partial charge on any atom is -0.394 e. The molecule has 0 saturated heterocycles. The van der Waals surface area contributed by atoms with Crippen LogP contribution in [-0.2, 0) is 0 Å². The van der Waals surface area contributed by atoms with Crippen LogP contribution in [0.4, 0.5) is 0 Å². The zero-order valence-corrected chi connectivity index (χ0v) is 9.26. The first-order valence-electron chi connectivity index (χ1n) is 6.14. The number of rotatable bonds is 5. The molecule has 2 nitrogen and oxygen atoms in total. The molecule has 2 rings (SSSR count). The molecule has 0 spiro atoms. The van der Waals surface area contributed by atoms with Gasteiger partial charge in [0.25, 0.3) is 0 Å². The number of hydrogen-bond acceptors (Lipinski definition) is 2. The van der Waals surface area contributed by atoms with Crippen molar-refractivity contribution in [3.63, 3.8) is 0 Å². The molecule has 2 aliphatic rings. The quantitative estimate of drug-likeness (QED) is 0.706. The Labute approximate surface area is 87.1 Å². The van der Waals surface area contributed by atoms with Gasteiger partial charge in [-0.2, -0.15) is 0 Å². The summed E-state index contributed by atoms with van der Waals surface area (Å²) in [7, 11) is 0. The highest BCUT2D eigenvalue weighted by molar-refractivity contribution is 4.96. The molecule has 0 aromatic heterocycles. The summed E-state index contributed by atoms with van der Waals surface area (Å²) in [4.78, 5) is 0. The molecule has 0 aromatic rings. The van der Waals surface area contributed by atoms with Gasteiger partial charge in [-0.05, 0) is 50.5 Å². The summed E-state index contributed by atoms with van der Waals surface area (Å²) in [5, 5.41) is 13.1. The van der Waals surface area contributed by atoms with E-state index in [0.29, 0.717) is 6.61 Å². The fourth-order valence-corrected chi connectivity index (χ4v) is 2.63. The molecule has 2 aliphatic carbocycles. The van der Waals surface area contributed by atoms with Crippen molar-refractivity contribution in [1.29, 1.82) is 0 Å². The van der Waals surface area contributed by atoms with Crippen LogP contribution < -0.4 is 5.32 Å². The van der Waals surface area contributed by atoms with Gasteiger partial charge in [0.15, 0.2) is 0 Å². The summed E-state index contributed by atoms with van der Waals surface area (Å²) in [6.07, 6.45) is 7.72. The maximum absolute atomic E-state index is 9.50. The molecule has 0 heterocycles. The van der Waals surface area contributed by atoms with E-state index in [1.807, 2.05) is 0 Å². The molecule has 14 heavy (non-hydrogen) atoms. The Morgan fingerprint density at radius 2 is 2.07 bits per heavy atom. The third kappa shape index (κ3) is 2.29. The highest BCUT2D eigenvalue weighted by atomic mass is 16.3. The molecule has 0 aromatic carbocycles. The van der Waals surface area contributed by atoms with Crippen molar-refractivity contribution in [2.45, 2.75) is 51.0 Å². The van der Waals surface area contributed by atoms with E-state index in [1.54, 1.807) is 0 Å². The normalized spacial score (nSPS) is 37.7. The molecule has 0 radical (unpaired) electrons. The minimum absolute atomic E-state index is 0.0866. The van der Waals surface area contributed by atoms with Crippen LogP contribution in [0.3, 0.4) is 0 Å². The van der Waals surface area contributed by atoms with Crippen LogP contribution in [0.1, 0.15) is 45.4 Å². The number of hydrogen-bond donors (Lipinski definition) is 2. The van der Waals surface area contributed by atoms with Crippen molar-refractivity contribution in [1.82, 2.24) is 5.32 Å². The summed E-state index contributed by atoms with van der Waals surface area (Å²) in [5.74, 6) is 1.76. The maximum Gasteiger partial charge on any atom is 0.0613 e. The van der Waals surface area contributed by atoms with Gasteiger partial charge in [0, 0.05) is 5.54 Å². The summed E-state index contributed by atoms with van der Waals surface area (Å²) in [5.41, 5.74) is 0.0866. The Kier molecular flexibility index (Phi) is 3.13. The van der Waals surface area contributed by atoms with Gasteiger partial charge < -0.3 is 10.4 Å². The van der Waals surface area contributed by atoms with Gasteiger partial charge in [-0.1, -0.05) is 13.3 Å². The lowest BCUT2D eigenvalue weighted by molar-refractivity contribution is 0.158. The number of aliphatic hydroxyl groups is 1. The summed E-state index contributed by atoms with van der Waals surface area (Å²) < 4.78 is 0. The first-order chi connectivity index (χ1) is 6.78. The predicted molar refractivity (Wildman–Crippen MR) is 58.2 cm³/mol. The largest absolute Gasteiger partial charge is 0.394 e. The lowest BCUT2D eigenvalue weighted by Crippen LogP contribution is -2.47. The average molecular weight is 197 g/mol. The molecule has 2 atom stereocenters. The molecule has 0 amide bonds. The van der Waals surface area contributed by atoms with E-state index >= 15 is 0 Å². The number of nitrogens with one attached hydrogen (secondary N) is 1. The van der Waals surface area contributed by atoms with Crippen molar-refractivity contribution in [2.75, 3.05) is 13.2 Å². The molecule has 2 fully saturated rings. The van der Waals surface area contributed by atoms with E-state index in [9.17, 15) is 5.11 Å². The van der Waals surface area contributed by atoms with Crippen LogP contribution >= 0.6 is 0 Å². The molecule has 2 heteroatoms. The highest BCUT2D eigenvalue weighted by Crippen LogP contribution is 2.37. The fourth-order valence-electron chi connectivity index (χ4n) is 2.63. The minimum atomic E-state index is 0.0866. The zero-order valence-electron chi connectivity index (χ0n) is 9.26. The SMILES string of the molecule is CCC1CCC(CO)(NCC2CC2)C1. The third-order valence-electron chi connectivity index (χ3n) is 4.05. The van der Waals surface area contributed by atoms with Crippen LogP contribution in [0.2, 0.25) is 0 Å². The van der Waals surface area contributed by atoms with E-state index in [0.717, 1.165) is 18.4 Å². The van der Waals surface area contributed by atoms with Gasteiger partial charge >= 0.3 is 0 Å². The highest BCUT2D eigenvalue weighted by Gasteiger charge is 2.38. The van der Waals surface area contributed by atoms with Crippen LogP contribution in [0.15, 0.2) is 0 Å². The first kappa shape index (κ1) is 10.4. The van der Waals surface area contributed by atoms with Crippen molar-refractivity contribution < 1.29 is 5.11 Å². The van der Waals surface area contributed by atoms with Gasteiger partial charge in [0.05, 0.1) is 6.61 Å². The second kappa shape index (κ2) is 4.19. The van der Waals surface area contributed by atoms with Crippen LogP contribution in [0.5, 0.6) is 0 Å². The Hall–Kier alpha value is -0.0800. The van der Waals surface area contributed by atoms with E-state index in [4.69, 9.17) is 0 Å². The number of aliphatic hydroxyl groups excluding tert-OH is 1. The van der Waals surface area contributed by atoms with Crippen LogP contribution in [-0.4, -0.2) is 23.8 Å². The smallest absolute Gasteiger partial charge is 0.0613 e. The summed E-state index contributed by atoms with van der Waals surface area (Å²) in [6.45, 7) is 3.73. The van der Waals surface area contributed by atoms with Crippen molar-refractivity contribution in [2.24, 2.45) is 11.8 Å². The summed E-state index contributed by atoms with van der Waals surface area (Å²) in [6, 6.07) is 0. The molecule has 82 valence electrons. The van der Waals surface area contributed by atoms with E-state index in [2.05, 4.69) is 12.2 Å². The first-order valence-corrected chi connectivity index (χ1v) is 6.14. The summed E-state index contributed by atoms with van der Waals surface area (Å²) >= 11 is 0. The Bertz CT molecular complexity index is 191. The molecule has 2 saturated carbocycles. The second-order valence-corrected chi connectivity index (χ2v) is 5.28. The zero-order chi connectivity index (χ0) is 10.0. The van der Waals surface area contributed by atoms with E-state index in [-0.39, 0.29) is 5.54 Å². The van der Waals surface area contributed by atoms with Crippen molar-refractivity contribution in [3.8, 4) is 0 Å². The maximum atomic E-state index is 9.50. The van der Waals surface area contributed by atoms with E-state index < -0.39 is 0 Å². The lowest BCUT2D eigenvalue weighted by Gasteiger charge is -2.28. The predicted octanol–water partition coefficient (Wildman–Crippen LogP) is 1.93. The van der Waals surface area contributed by atoms with Gasteiger partial charge in [0.2, 0.25) is 0 Å². The van der Waals surface area contributed by atoms with Crippen LogP contribution in [0.25, 0.3) is 0 Å². The lowest BCUT2D eigenvalue weighted by atomic mass is 9.95. The molecular weight excluding hydrogens is 174 g/mol. The van der Waals surface area contributed by atoms with Gasteiger partial charge in [-0.15, -0.1) is 0 Å². The van der Waals surface area contributed by atoms with Crippen LogP contribution in [0, 0.1) is 11.8 Å². The molecule has 2 N–H and O–H groups in total. The molecule has 0 aliphatic heterocycles. The van der Waals surface area contributed by atoms with Gasteiger partial charge in [0.1, 0.15) is 0 Å². The Morgan fingerprint density at radius 1 is 1.29 bits per heavy atom. The topological polar surface area (TPSA) is 32.3 Å². The Morgan fingerprint density at radius 3 is 2.57 bits per heavy atom. The average Bonchev–Trinajstić information content (AvgIpc) is 2.96. The molecule has 2 unspecified atom stereocenters. The van der Waals surface area contributed by atoms with Crippen molar-refractivity contribution >= 4 is 0 Å². The third-order valence-corrected chi connectivity index (χ3v) is 4.05. The van der Waals surface area contributed by atoms with Gasteiger partial charge in [-0.3, -0.25) is 0 Å². The Balaban J connectivity index is 1.82. The molecule has 0 bridgehead atoms. The monoisotopic (exact) mass is 197 g/mol. The van der Waals surface area contributed by atoms with E-state index in [1.165, 1.54) is 38.5 Å². The fraction of sp³-hybridized carbons (Fsp3) is 1.00. The van der Waals surface area contributed by atoms with Crippen molar-refractivity contribution in [3.05, 3.63) is 0 Å². The standard InChI is InChI=1S/C12H23NO/c1-2-10-5-6-12(7-10,9-14)13-8-11-3-4-11/h10-11,13-14H,2-9H2,1H3.